The molecule has 7 atom stereocenters. The van der Waals surface area contributed by atoms with Crippen molar-refractivity contribution in [3.8, 4) is 0 Å². The second-order valence-electron chi connectivity index (χ2n) is 6.53. The SMILES string of the molecule is CCO[C@H]1OC2C[C@]3(C[C@H]2O1)C1CCC(C1)C3N. The van der Waals surface area contributed by atoms with Crippen LogP contribution >= 0.6 is 0 Å². The van der Waals surface area contributed by atoms with Crippen molar-refractivity contribution < 1.29 is 14.2 Å². The first-order chi connectivity index (χ1) is 8.73. The number of rotatable bonds is 2. The van der Waals surface area contributed by atoms with E-state index in [1.165, 1.54) is 19.3 Å². The molecule has 4 rings (SSSR count). The van der Waals surface area contributed by atoms with Crippen LogP contribution in [0.1, 0.15) is 39.0 Å². The largest absolute Gasteiger partial charge is 0.330 e. The molecule has 3 saturated carbocycles. The Kier molecular flexibility index (Phi) is 2.54. The second-order valence-corrected chi connectivity index (χ2v) is 6.53. The molecule has 1 heterocycles. The number of ether oxygens (including phenoxy) is 3. The zero-order valence-corrected chi connectivity index (χ0v) is 11.0. The Morgan fingerprint density at radius 3 is 2.50 bits per heavy atom. The van der Waals surface area contributed by atoms with Crippen LogP contribution in [-0.4, -0.2) is 31.3 Å². The highest BCUT2D eigenvalue weighted by atomic mass is 16.9. The van der Waals surface area contributed by atoms with Gasteiger partial charge in [-0.05, 0) is 56.3 Å². The molecule has 0 radical (unpaired) electrons. The predicted molar refractivity (Wildman–Crippen MR) is 65.6 cm³/mol. The lowest BCUT2D eigenvalue weighted by Gasteiger charge is -2.40. The van der Waals surface area contributed by atoms with Gasteiger partial charge in [0.05, 0.1) is 12.2 Å². The molecule has 2 bridgehead atoms. The lowest BCUT2D eigenvalue weighted by Crippen LogP contribution is -2.45. The summed E-state index contributed by atoms with van der Waals surface area (Å²) in [4.78, 5) is 0. The molecule has 4 aliphatic rings. The molecule has 18 heavy (non-hydrogen) atoms. The van der Waals surface area contributed by atoms with Crippen molar-refractivity contribution in [1.29, 1.82) is 0 Å². The summed E-state index contributed by atoms with van der Waals surface area (Å²) < 4.78 is 17.1. The van der Waals surface area contributed by atoms with Crippen molar-refractivity contribution in [2.45, 2.75) is 63.8 Å². The van der Waals surface area contributed by atoms with Crippen LogP contribution in [0.15, 0.2) is 0 Å². The molecule has 1 spiro atoms. The maximum absolute atomic E-state index is 6.51. The molecule has 3 aliphatic carbocycles. The fourth-order valence-corrected chi connectivity index (χ4v) is 5.11. The Morgan fingerprint density at radius 1 is 1.22 bits per heavy atom. The van der Waals surface area contributed by atoms with Crippen molar-refractivity contribution in [3.05, 3.63) is 0 Å². The fourth-order valence-electron chi connectivity index (χ4n) is 5.11. The number of hydrogen-bond acceptors (Lipinski definition) is 4. The highest BCUT2D eigenvalue weighted by Gasteiger charge is 2.63. The second kappa shape index (κ2) is 3.92. The Morgan fingerprint density at radius 2 is 1.94 bits per heavy atom. The van der Waals surface area contributed by atoms with Crippen molar-refractivity contribution in [1.82, 2.24) is 0 Å². The molecule has 4 nitrogen and oxygen atoms in total. The van der Waals surface area contributed by atoms with E-state index in [1.54, 1.807) is 0 Å². The quantitative estimate of drug-likeness (QED) is 0.812. The molecular formula is C14H23NO3. The van der Waals surface area contributed by atoms with E-state index in [-0.39, 0.29) is 12.2 Å². The molecule has 0 amide bonds. The van der Waals surface area contributed by atoms with Crippen LogP contribution in [0.2, 0.25) is 0 Å². The normalized spacial score (nSPS) is 57.7. The summed E-state index contributed by atoms with van der Waals surface area (Å²) in [5.41, 5.74) is 6.83. The van der Waals surface area contributed by atoms with E-state index in [0.29, 0.717) is 18.1 Å². The first-order valence-corrected chi connectivity index (χ1v) is 7.41. The Bertz CT molecular complexity index is 330. The Balaban J connectivity index is 1.50. The fraction of sp³-hybridized carbons (Fsp3) is 1.00. The molecule has 4 fully saturated rings. The highest BCUT2D eigenvalue weighted by molar-refractivity contribution is 5.14. The third-order valence-corrected chi connectivity index (χ3v) is 5.91. The molecule has 4 heteroatoms. The lowest BCUT2D eigenvalue weighted by molar-refractivity contribution is -0.247. The summed E-state index contributed by atoms with van der Waals surface area (Å²) in [5.74, 6) is 1.58. The van der Waals surface area contributed by atoms with E-state index in [1.807, 2.05) is 6.92 Å². The molecule has 1 saturated heterocycles. The van der Waals surface area contributed by atoms with E-state index in [2.05, 4.69) is 0 Å². The minimum atomic E-state index is -0.433. The van der Waals surface area contributed by atoms with Crippen LogP contribution in [0, 0.1) is 17.3 Å². The van der Waals surface area contributed by atoms with Gasteiger partial charge >= 0.3 is 0 Å². The van der Waals surface area contributed by atoms with Gasteiger partial charge in [-0.15, -0.1) is 0 Å². The molecule has 102 valence electrons. The maximum Gasteiger partial charge on any atom is 0.272 e. The van der Waals surface area contributed by atoms with Crippen molar-refractivity contribution >= 4 is 0 Å². The third kappa shape index (κ3) is 1.40. The number of fused-ring (bicyclic) bond motifs is 4. The minimum Gasteiger partial charge on any atom is -0.330 e. The van der Waals surface area contributed by atoms with Gasteiger partial charge in [0.25, 0.3) is 6.48 Å². The summed E-state index contributed by atoms with van der Waals surface area (Å²) in [6, 6.07) is 0.375. The summed E-state index contributed by atoms with van der Waals surface area (Å²) in [6.45, 7) is 2.17. The van der Waals surface area contributed by atoms with Gasteiger partial charge in [-0.1, -0.05) is 0 Å². The summed E-state index contributed by atoms with van der Waals surface area (Å²) in [5, 5.41) is 0. The average molecular weight is 253 g/mol. The van der Waals surface area contributed by atoms with Crippen molar-refractivity contribution in [3.63, 3.8) is 0 Å². The van der Waals surface area contributed by atoms with E-state index in [0.717, 1.165) is 24.7 Å². The zero-order chi connectivity index (χ0) is 12.3. The van der Waals surface area contributed by atoms with Crippen LogP contribution in [0.4, 0.5) is 0 Å². The Hall–Kier alpha value is -0.160. The van der Waals surface area contributed by atoms with Gasteiger partial charge < -0.3 is 19.9 Å². The van der Waals surface area contributed by atoms with Gasteiger partial charge in [0.2, 0.25) is 0 Å². The van der Waals surface area contributed by atoms with Gasteiger partial charge in [-0.3, -0.25) is 0 Å². The number of nitrogens with two attached hydrogens (primary N) is 1. The molecular weight excluding hydrogens is 230 g/mol. The van der Waals surface area contributed by atoms with E-state index >= 15 is 0 Å². The molecule has 0 aromatic rings. The smallest absolute Gasteiger partial charge is 0.272 e. The Labute approximate surface area is 108 Å². The molecule has 0 aromatic heterocycles. The van der Waals surface area contributed by atoms with Gasteiger partial charge in [0.1, 0.15) is 0 Å². The highest BCUT2D eigenvalue weighted by Crippen LogP contribution is 2.63. The van der Waals surface area contributed by atoms with Crippen molar-refractivity contribution in [2.75, 3.05) is 6.61 Å². The minimum absolute atomic E-state index is 0.215. The number of hydrogen-bond donors (Lipinski definition) is 1. The average Bonchev–Trinajstić information content (AvgIpc) is 3.02. The van der Waals surface area contributed by atoms with E-state index in [9.17, 15) is 0 Å². The standard InChI is InChI=1S/C14H23NO3/c1-2-16-13-17-10-6-14(7-11(10)18-13)9-4-3-8(5-9)12(14)15/h8-13H,2-7,15H2,1H3/t8?,9?,10-,11?,12?,13-,14-/m1/s1. The van der Waals surface area contributed by atoms with Gasteiger partial charge in [0, 0.05) is 12.6 Å². The van der Waals surface area contributed by atoms with Crippen molar-refractivity contribution in [2.24, 2.45) is 23.0 Å². The van der Waals surface area contributed by atoms with Crippen LogP contribution in [0.3, 0.4) is 0 Å². The first kappa shape index (κ1) is 11.6. The van der Waals surface area contributed by atoms with Gasteiger partial charge in [0.15, 0.2) is 0 Å². The monoisotopic (exact) mass is 253 g/mol. The summed E-state index contributed by atoms with van der Waals surface area (Å²) in [7, 11) is 0. The van der Waals surface area contributed by atoms with Crippen LogP contribution in [0.5, 0.6) is 0 Å². The van der Waals surface area contributed by atoms with Gasteiger partial charge in [-0.2, -0.15) is 0 Å². The predicted octanol–water partition coefficient (Wildman–Crippen LogP) is 1.63. The lowest BCUT2D eigenvalue weighted by atomic mass is 9.69. The van der Waals surface area contributed by atoms with Gasteiger partial charge in [-0.25, -0.2) is 0 Å². The molecule has 0 aromatic carbocycles. The topological polar surface area (TPSA) is 53.7 Å². The van der Waals surface area contributed by atoms with Crippen LogP contribution in [-0.2, 0) is 14.2 Å². The zero-order valence-electron chi connectivity index (χ0n) is 11.0. The first-order valence-electron chi connectivity index (χ1n) is 7.41. The summed E-state index contributed by atoms with van der Waals surface area (Å²) in [6.07, 6.45) is 6.65. The maximum atomic E-state index is 6.51. The third-order valence-electron chi connectivity index (χ3n) is 5.91. The molecule has 2 N–H and O–H groups in total. The van der Waals surface area contributed by atoms with E-state index in [4.69, 9.17) is 19.9 Å². The summed E-state index contributed by atoms with van der Waals surface area (Å²) >= 11 is 0. The van der Waals surface area contributed by atoms with Crippen LogP contribution in [0.25, 0.3) is 0 Å². The molecule has 1 aliphatic heterocycles. The molecule has 4 unspecified atom stereocenters. The van der Waals surface area contributed by atoms with Crippen LogP contribution < -0.4 is 5.73 Å². The van der Waals surface area contributed by atoms with E-state index < -0.39 is 6.48 Å².